The summed E-state index contributed by atoms with van der Waals surface area (Å²) in [4.78, 5) is 14.6. The van der Waals surface area contributed by atoms with Gasteiger partial charge in [0.25, 0.3) is 0 Å². The van der Waals surface area contributed by atoms with E-state index in [1.807, 2.05) is 0 Å². The second-order valence-electron chi connectivity index (χ2n) is 3.13. The lowest BCUT2D eigenvalue weighted by Gasteiger charge is -2.01. The van der Waals surface area contributed by atoms with Crippen molar-refractivity contribution in [3.05, 3.63) is 34.2 Å². The third-order valence-corrected chi connectivity index (χ3v) is 3.60. The monoisotopic (exact) mass is 316 g/mol. The normalized spacial score (nSPS) is 10.5. The van der Waals surface area contributed by atoms with E-state index in [0.717, 1.165) is 11.3 Å². The van der Waals surface area contributed by atoms with Gasteiger partial charge in [-0.2, -0.15) is 0 Å². The summed E-state index contributed by atoms with van der Waals surface area (Å²) >= 11 is 4.13. The molecular weight excluding hydrogens is 311 g/mol. The van der Waals surface area contributed by atoms with E-state index in [-0.39, 0.29) is 21.3 Å². The molecule has 3 N–H and O–H groups in total. The summed E-state index contributed by atoms with van der Waals surface area (Å²) in [5.41, 5.74) is 5.49. The first-order valence-electron chi connectivity index (χ1n) is 4.44. The smallest absolute Gasteiger partial charge is 0.357 e. The quantitative estimate of drug-likeness (QED) is 0.893. The maximum absolute atomic E-state index is 13.6. The number of thiazole rings is 1. The number of rotatable bonds is 2. The fraction of sp³-hybridized carbons (Fsp3) is 0. The highest BCUT2D eigenvalue weighted by molar-refractivity contribution is 9.10. The summed E-state index contributed by atoms with van der Waals surface area (Å²) < 4.78 is 14.1. The molecule has 0 aliphatic carbocycles. The zero-order valence-electron chi connectivity index (χ0n) is 8.28. The lowest BCUT2D eigenvalue weighted by molar-refractivity contribution is 0.0692. The highest BCUT2D eigenvalue weighted by atomic mass is 79.9. The second-order valence-corrected chi connectivity index (χ2v) is 5.02. The van der Waals surface area contributed by atoms with Crippen LogP contribution in [0.1, 0.15) is 10.5 Å². The number of carbonyl (C=O) groups is 1. The molecule has 0 aliphatic rings. The molecule has 0 unspecified atom stereocenters. The van der Waals surface area contributed by atoms with Crippen molar-refractivity contribution in [3.63, 3.8) is 0 Å². The van der Waals surface area contributed by atoms with Crippen molar-refractivity contribution >= 4 is 38.2 Å². The number of hydrogen-bond donors (Lipinski definition) is 2. The van der Waals surface area contributed by atoms with Crippen molar-refractivity contribution in [1.29, 1.82) is 0 Å². The molecule has 0 radical (unpaired) electrons. The number of nitrogen functional groups attached to an aromatic ring is 1. The Labute approximate surface area is 108 Å². The molecule has 88 valence electrons. The highest BCUT2D eigenvalue weighted by Crippen LogP contribution is 2.36. The molecule has 0 saturated carbocycles. The van der Waals surface area contributed by atoms with Gasteiger partial charge in [-0.3, -0.25) is 0 Å². The fourth-order valence-electron chi connectivity index (χ4n) is 1.29. The molecule has 2 aromatic rings. The molecule has 0 fully saturated rings. The van der Waals surface area contributed by atoms with Gasteiger partial charge in [0.15, 0.2) is 5.69 Å². The molecule has 2 rings (SSSR count). The van der Waals surface area contributed by atoms with Gasteiger partial charge in [0.05, 0.1) is 5.56 Å². The minimum Gasteiger partial charge on any atom is -0.476 e. The summed E-state index contributed by atoms with van der Waals surface area (Å²) in [6, 6.07) is 4.46. The summed E-state index contributed by atoms with van der Waals surface area (Å²) in [6.45, 7) is 0. The molecule has 0 atom stereocenters. The summed E-state index contributed by atoms with van der Waals surface area (Å²) in [5, 5.41) is 9.12. The number of aromatic nitrogens is 1. The van der Waals surface area contributed by atoms with Crippen LogP contribution in [0, 0.1) is 5.82 Å². The van der Waals surface area contributed by atoms with Gasteiger partial charge in [-0.25, -0.2) is 14.2 Å². The maximum Gasteiger partial charge on any atom is 0.357 e. The van der Waals surface area contributed by atoms with Gasteiger partial charge < -0.3 is 10.8 Å². The van der Waals surface area contributed by atoms with Crippen molar-refractivity contribution in [1.82, 2.24) is 4.98 Å². The van der Waals surface area contributed by atoms with E-state index in [0.29, 0.717) is 4.47 Å². The van der Waals surface area contributed by atoms with Crippen LogP contribution in [0.2, 0.25) is 0 Å². The zero-order valence-corrected chi connectivity index (χ0v) is 10.7. The predicted octanol–water partition coefficient (Wildman–Crippen LogP) is 2.99. The van der Waals surface area contributed by atoms with Crippen LogP contribution >= 0.6 is 27.3 Å². The second kappa shape index (κ2) is 4.42. The van der Waals surface area contributed by atoms with Gasteiger partial charge in [-0.05, 0) is 28.1 Å². The number of halogens is 2. The molecule has 0 bridgehead atoms. The fourth-order valence-corrected chi connectivity index (χ4v) is 2.84. The van der Waals surface area contributed by atoms with Gasteiger partial charge in [0.2, 0.25) is 0 Å². The molecule has 0 amide bonds. The van der Waals surface area contributed by atoms with Gasteiger partial charge in [-0.1, -0.05) is 17.4 Å². The van der Waals surface area contributed by atoms with E-state index in [2.05, 4.69) is 20.9 Å². The number of benzene rings is 1. The number of carboxylic acid groups (broad SMARTS) is 1. The van der Waals surface area contributed by atoms with Gasteiger partial charge >= 0.3 is 5.97 Å². The molecule has 0 spiro atoms. The van der Waals surface area contributed by atoms with Crippen LogP contribution in [0.25, 0.3) is 10.6 Å². The number of nitrogens with zero attached hydrogens (tertiary/aromatic N) is 1. The number of aromatic carboxylic acids is 1. The molecule has 1 heterocycles. The maximum atomic E-state index is 13.6. The lowest BCUT2D eigenvalue weighted by Crippen LogP contribution is -2.00. The van der Waals surface area contributed by atoms with Crippen LogP contribution in [-0.2, 0) is 0 Å². The minimum absolute atomic E-state index is 0.0580. The Bertz CT molecular complexity index is 580. The Hall–Kier alpha value is -1.47. The van der Waals surface area contributed by atoms with Crippen LogP contribution in [-0.4, -0.2) is 16.1 Å². The standard InChI is InChI=1S/C10H6BrFN2O2S/c11-4-2-1-3-5(12)6(4)9-14-7(10(15)16)8(13)17-9/h1-3H,13H2,(H,15,16). The van der Waals surface area contributed by atoms with E-state index >= 15 is 0 Å². The van der Waals surface area contributed by atoms with Crippen molar-refractivity contribution in [3.8, 4) is 10.6 Å². The van der Waals surface area contributed by atoms with Crippen LogP contribution < -0.4 is 5.73 Å². The van der Waals surface area contributed by atoms with Crippen molar-refractivity contribution in [2.24, 2.45) is 0 Å². The van der Waals surface area contributed by atoms with E-state index in [9.17, 15) is 9.18 Å². The first kappa shape index (κ1) is 12.0. The number of carboxylic acids is 1. The first-order valence-corrected chi connectivity index (χ1v) is 6.05. The van der Waals surface area contributed by atoms with Crippen molar-refractivity contribution < 1.29 is 14.3 Å². The van der Waals surface area contributed by atoms with Crippen LogP contribution in [0.4, 0.5) is 9.39 Å². The van der Waals surface area contributed by atoms with E-state index < -0.39 is 11.8 Å². The molecule has 1 aromatic carbocycles. The predicted molar refractivity (Wildman–Crippen MR) is 66.6 cm³/mol. The average Bonchev–Trinajstić information content (AvgIpc) is 2.60. The molecular formula is C10H6BrFN2O2S. The number of nitrogens with two attached hydrogens (primary N) is 1. The Balaban J connectivity index is 2.62. The van der Waals surface area contributed by atoms with Crippen molar-refractivity contribution in [2.45, 2.75) is 0 Å². The molecule has 7 heteroatoms. The van der Waals surface area contributed by atoms with Gasteiger partial charge in [0.1, 0.15) is 15.8 Å². The third kappa shape index (κ3) is 2.16. The van der Waals surface area contributed by atoms with Crippen LogP contribution in [0.3, 0.4) is 0 Å². The minimum atomic E-state index is -1.22. The molecule has 0 aliphatic heterocycles. The Morgan fingerprint density at radius 1 is 1.53 bits per heavy atom. The van der Waals surface area contributed by atoms with Gasteiger partial charge in [-0.15, -0.1) is 0 Å². The largest absolute Gasteiger partial charge is 0.476 e. The summed E-state index contributed by atoms with van der Waals surface area (Å²) in [5.74, 6) is -1.71. The van der Waals surface area contributed by atoms with E-state index in [1.54, 1.807) is 6.07 Å². The van der Waals surface area contributed by atoms with Gasteiger partial charge in [0, 0.05) is 4.47 Å². The van der Waals surface area contributed by atoms with Crippen LogP contribution in [0.15, 0.2) is 22.7 Å². The Morgan fingerprint density at radius 2 is 2.24 bits per heavy atom. The molecule has 4 nitrogen and oxygen atoms in total. The Kier molecular flexibility index (Phi) is 3.12. The SMILES string of the molecule is Nc1sc(-c2c(F)cccc2Br)nc1C(=O)O. The summed E-state index contributed by atoms with van der Waals surface area (Å²) in [6.07, 6.45) is 0. The average molecular weight is 317 g/mol. The van der Waals surface area contributed by atoms with Crippen LogP contribution in [0.5, 0.6) is 0 Å². The third-order valence-electron chi connectivity index (χ3n) is 2.03. The summed E-state index contributed by atoms with van der Waals surface area (Å²) in [7, 11) is 0. The Morgan fingerprint density at radius 3 is 2.76 bits per heavy atom. The zero-order chi connectivity index (χ0) is 12.6. The molecule has 1 aromatic heterocycles. The first-order chi connectivity index (χ1) is 8.00. The highest BCUT2D eigenvalue weighted by Gasteiger charge is 2.19. The lowest BCUT2D eigenvalue weighted by atomic mass is 10.2. The van der Waals surface area contributed by atoms with E-state index in [1.165, 1.54) is 12.1 Å². The van der Waals surface area contributed by atoms with E-state index in [4.69, 9.17) is 10.8 Å². The molecule has 17 heavy (non-hydrogen) atoms. The number of hydrogen-bond acceptors (Lipinski definition) is 4. The molecule has 0 saturated heterocycles. The number of anilines is 1. The topological polar surface area (TPSA) is 76.2 Å². The van der Waals surface area contributed by atoms with Crippen molar-refractivity contribution in [2.75, 3.05) is 5.73 Å².